The molecule has 18 heavy (non-hydrogen) atoms. The molecule has 1 aliphatic heterocycles. The maximum Gasteiger partial charge on any atom is 0.256 e. The lowest BCUT2D eigenvalue weighted by atomic mass is 10.1. The molecule has 2 amide bonds. The second-order valence-electron chi connectivity index (χ2n) is 4.18. The van der Waals surface area contributed by atoms with Crippen LogP contribution < -0.4 is 5.73 Å². The van der Waals surface area contributed by atoms with E-state index in [4.69, 9.17) is 28.9 Å². The molecule has 2 N–H and O–H groups in total. The van der Waals surface area contributed by atoms with Crippen molar-refractivity contribution in [3.8, 4) is 0 Å². The number of hydrogen-bond acceptors (Lipinski definition) is 2. The Bertz CT molecular complexity index is 505. The van der Waals surface area contributed by atoms with Crippen molar-refractivity contribution in [2.24, 2.45) is 5.73 Å². The lowest BCUT2D eigenvalue weighted by Crippen LogP contribution is -2.43. The van der Waals surface area contributed by atoms with Gasteiger partial charge in [-0.05, 0) is 31.0 Å². The van der Waals surface area contributed by atoms with E-state index in [1.807, 2.05) is 0 Å². The Labute approximate surface area is 115 Å². The SMILES string of the molecule is NC(=O)[C@@H]1CCCN1C(=O)c1ccc(Cl)cc1Cl. The molecule has 1 atom stereocenters. The number of primary amides is 1. The summed E-state index contributed by atoms with van der Waals surface area (Å²) >= 11 is 11.8. The summed E-state index contributed by atoms with van der Waals surface area (Å²) in [5.41, 5.74) is 5.62. The van der Waals surface area contributed by atoms with Gasteiger partial charge in [0.05, 0.1) is 10.6 Å². The Morgan fingerprint density at radius 3 is 2.67 bits per heavy atom. The molecule has 96 valence electrons. The van der Waals surface area contributed by atoms with Gasteiger partial charge in [-0.3, -0.25) is 9.59 Å². The number of carbonyl (C=O) groups excluding carboxylic acids is 2. The average molecular weight is 287 g/mol. The van der Waals surface area contributed by atoms with E-state index in [9.17, 15) is 9.59 Å². The van der Waals surface area contributed by atoms with Crippen molar-refractivity contribution in [1.29, 1.82) is 0 Å². The Morgan fingerprint density at radius 1 is 1.33 bits per heavy atom. The summed E-state index contributed by atoms with van der Waals surface area (Å²) in [6.45, 7) is 0.519. The Balaban J connectivity index is 2.28. The number of carbonyl (C=O) groups is 2. The topological polar surface area (TPSA) is 63.4 Å². The van der Waals surface area contributed by atoms with Crippen LogP contribution in [0.5, 0.6) is 0 Å². The highest BCUT2D eigenvalue weighted by Crippen LogP contribution is 2.25. The van der Waals surface area contributed by atoms with Crippen molar-refractivity contribution in [3.63, 3.8) is 0 Å². The van der Waals surface area contributed by atoms with Crippen LogP contribution in [0.4, 0.5) is 0 Å². The normalized spacial score (nSPS) is 19.0. The number of halogens is 2. The zero-order chi connectivity index (χ0) is 13.3. The number of likely N-dealkylation sites (tertiary alicyclic amines) is 1. The molecule has 6 heteroatoms. The summed E-state index contributed by atoms with van der Waals surface area (Å²) in [7, 11) is 0. The molecule has 0 bridgehead atoms. The van der Waals surface area contributed by atoms with E-state index in [0.29, 0.717) is 23.6 Å². The van der Waals surface area contributed by atoms with Crippen LogP contribution in [0.3, 0.4) is 0 Å². The van der Waals surface area contributed by atoms with Crippen LogP contribution in [0.2, 0.25) is 10.0 Å². The van der Waals surface area contributed by atoms with Crippen molar-refractivity contribution < 1.29 is 9.59 Å². The summed E-state index contributed by atoms with van der Waals surface area (Å²) in [4.78, 5) is 25.0. The van der Waals surface area contributed by atoms with Crippen molar-refractivity contribution >= 4 is 35.0 Å². The van der Waals surface area contributed by atoms with Gasteiger partial charge in [-0.25, -0.2) is 0 Å². The molecule has 1 aromatic rings. The minimum atomic E-state index is -0.538. The summed E-state index contributed by atoms with van der Waals surface area (Å²) in [6, 6.07) is 4.12. The van der Waals surface area contributed by atoms with Gasteiger partial charge < -0.3 is 10.6 Å². The highest BCUT2D eigenvalue weighted by atomic mass is 35.5. The molecular weight excluding hydrogens is 275 g/mol. The third kappa shape index (κ3) is 2.44. The van der Waals surface area contributed by atoms with E-state index in [2.05, 4.69) is 0 Å². The van der Waals surface area contributed by atoms with Gasteiger partial charge in [0.2, 0.25) is 5.91 Å². The fourth-order valence-corrected chi connectivity index (χ4v) is 2.61. The summed E-state index contributed by atoms with van der Waals surface area (Å²) in [5, 5.41) is 0.743. The van der Waals surface area contributed by atoms with Gasteiger partial charge in [0.25, 0.3) is 5.91 Å². The van der Waals surface area contributed by atoms with Gasteiger partial charge in [-0.1, -0.05) is 23.2 Å². The first-order valence-electron chi connectivity index (χ1n) is 5.56. The van der Waals surface area contributed by atoms with Crippen LogP contribution in [-0.2, 0) is 4.79 Å². The quantitative estimate of drug-likeness (QED) is 0.905. The van der Waals surface area contributed by atoms with Crippen molar-refractivity contribution in [2.45, 2.75) is 18.9 Å². The first-order valence-corrected chi connectivity index (χ1v) is 6.31. The molecule has 0 spiro atoms. The minimum Gasteiger partial charge on any atom is -0.368 e. The maximum absolute atomic E-state index is 12.3. The Kier molecular flexibility index (Phi) is 3.78. The molecule has 1 saturated heterocycles. The molecule has 0 aromatic heterocycles. The summed E-state index contributed by atoms with van der Waals surface area (Å²) in [5.74, 6) is -0.760. The zero-order valence-electron chi connectivity index (χ0n) is 9.53. The fourth-order valence-electron chi connectivity index (χ4n) is 2.12. The summed E-state index contributed by atoms with van der Waals surface area (Å²) < 4.78 is 0. The Morgan fingerprint density at radius 2 is 2.06 bits per heavy atom. The molecular formula is C12H12Cl2N2O2. The summed E-state index contributed by atoms with van der Waals surface area (Å²) in [6.07, 6.45) is 1.37. The lowest BCUT2D eigenvalue weighted by Gasteiger charge is -2.22. The van der Waals surface area contributed by atoms with Gasteiger partial charge in [0, 0.05) is 11.6 Å². The number of benzene rings is 1. The molecule has 1 aliphatic rings. The van der Waals surface area contributed by atoms with Crippen LogP contribution in [-0.4, -0.2) is 29.3 Å². The molecule has 0 aliphatic carbocycles. The van der Waals surface area contributed by atoms with E-state index in [-0.39, 0.29) is 10.9 Å². The van der Waals surface area contributed by atoms with Gasteiger partial charge in [0.1, 0.15) is 6.04 Å². The monoisotopic (exact) mass is 286 g/mol. The predicted molar refractivity (Wildman–Crippen MR) is 69.7 cm³/mol. The van der Waals surface area contributed by atoms with Crippen molar-refractivity contribution in [1.82, 2.24) is 4.90 Å². The molecule has 1 heterocycles. The third-order valence-corrected chi connectivity index (χ3v) is 3.55. The highest BCUT2D eigenvalue weighted by Gasteiger charge is 2.33. The fraction of sp³-hybridized carbons (Fsp3) is 0.333. The van der Waals surface area contributed by atoms with Crippen LogP contribution in [0, 0.1) is 0 Å². The molecule has 1 aromatic carbocycles. The second-order valence-corrected chi connectivity index (χ2v) is 5.03. The molecule has 0 radical (unpaired) electrons. The van der Waals surface area contributed by atoms with E-state index >= 15 is 0 Å². The highest BCUT2D eigenvalue weighted by molar-refractivity contribution is 6.36. The lowest BCUT2D eigenvalue weighted by molar-refractivity contribution is -0.121. The van der Waals surface area contributed by atoms with Crippen molar-refractivity contribution in [2.75, 3.05) is 6.54 Å². The third-order valence-electron chi connectivity index (χ3n) is 3.00. The number of hydrogen-bond donors (Lipinski definition) is 1. The average Bonchev–Trinajstić information content (AvgIpc) is 2.77. The first-order chi connectivity index (χ1) is 8.50. The van der Waals surface area contributed by atoms with E-state index in [1.54, 1.807) is 12.1 Å². The largest absolute Gasteiger partial charge is 0.368 e. The second kappa shape index (κ2) is 5.16. The van der Waals surface area contributed by atoms with Crippen molar-refractivity contribution in [3.05, 3.63) is 33.8 Å². The van der Waals surface area contributed by atoms with Gasteiger partial charge in [-0.15, -0.1) is 0 Å². The van der Waals surface area contributed by atoms with E-state index in [0.717, 1.165) is 6.42 Å². The minimum absolute atomic E-state index is 0.280. The molecule has 4 nitrogen and oxygen atoms in total. The molecule has 2 rings (SSSR count). The first kappa shape index (κ1) is 13.2. The number of amides is 2. The standard InChI is InChI=1S/C12H12Cl2N2O2/c13-7-3-4-8(9(14)6-7)12(18)16-5-1-2-10(16)11(15)17/h3-4,6,10H,1-2,5H2,(H2,15,17)/t10-/m0/s1. The zero-order valence-corrected chi connectivity index (χ0v) is 11.0. The van der Waals surface area contributed by atoms with Crippen LogP contribution in [0.25, 0.3) is 0 Å². The Hall–Kier alpha value is -1.26. The molecule has 0 saturated carbocycles. The molecule has 1 fully saturated rings. The maximum atomic E-state index is 12.3. The van der Waals surface area contributed by atoms with Gasteiger partial charge in [0.15, 0.2) is 0 Å². The van der Waals surface area contributed by atoms with Crippen LogP contribution >= 0.6 is 23.2 Å². The smallest absolute Gasteiger partial charge is 0.256 e. The predicted octanol–water partition coefficient (Wildman–Crippen LogP) is 2.08. The van der Waals surface area contributed by atoms with E-state index < -0.39 is 11.9 Å². The number of nitrogens with two attached hydrogens (primary N) is 1. The number of rotatable bonds is 2. The van der Waals surface area contributed by atoms with Crippen LogP contribution in [0.15, 0.2) is 18.2 Å². The van der Waals surface area contributed by atoms with Gasteiger partial charge in [-0.2, -0.15) is 0 Å². The van der Waals surface area contributed by atoms with Gasteiger partial charge >= 0.3 is 0 Å². The molecule has 0 unspecified atom stereocenters. The van der Waals surface area contributed by atoms with Crippen LogP contribution in [0.1, 0.15) is 23.2 Å². The van der Waals surface area contributed by atoms with E-state index in [1.165, 1.54) is 11.0 Å². The number of nitrogens with zero attached hydrogens (tertiary/aromatic N) is 1.